The number of nitrogen functional groups attached to an aromatic ring is 1. The van der Waals surface area contributed by atoms with Gasteiger partial charge in [-0.2, -0.15) is 5.10 Å². The fourth-order valence-electron chi connectivity index (χ4n) is 1.37. The fraction of sp³-hybridized carbons (Fsp3) is 0.0909. The second kappa shape index (κ2) is 4.25. The summed E-state index contributed by atoms with van der Waals surface area (Å²) in [5, 5.41) is 8.69. The summed E-state index contributed by atoms with van der Waals surface area (Å²) in [6, 6.07) is 5.59. The van der Waals surface area contributed by atoms with E-state index in [4.69, 9.17) is 5.73 Å². The van der Waals surface area contributed by atoms with Crippen molar-refractivity contribution in [1.29, 1.82) is 0 Å². The van der Waals surface area contributed by atoms with E-state index in [1.54, 1.807) is 13.0 Å². The number of H-pyrrole nitrogens is 1. The minimum atomic E-state index is -0.414. The van der Waals surface area contributed by atoms with Crippen LogP contribution in [0.4, 0.5) is 15.9 Å². The first-order chi connectivity index (χ1) is 8.06. The summed E-state index contributed by atoms with van der Waals surface area (Å²) in [6.07, 6.45) is 0. The number of aromatic amines is 1. The summed E-state index contributed by atoms with van der Waals surface area (Å²) in [4.78, 5) is 11.7. The van der Waals surface area contributed by atoms with Crippen LogP contribution in [0.2, 0.25) is 0 Å². The number of amides is 1. The number of anilines is 2. The highest BCUT2D eigenvalue weighted by Crippen LogP contribution is 2.16. The lowest BCUT2D eigenvalue weighted by atomic mass is 10.2. The summed E-state index contributed by atoms with van der Waals surface area (Å²) in [5.74, 6) is -0.593. The van der Waals surface area contributed by atoms with Gasteiger partial charge in [-0.15, -0.1) is 0 Å². The molecule has 0 unspecified atom stereocenters. The Balaban J connectivity index is 2.21. The average Bonchev–Trinajstić information content (AvgIpc) is 2.70. The van der Waals surface area contributed by atoms with E-state index >= 15 is 0 Å². The Labute approximate surface area is 96.8 Å². The van der Waals surface area contributed by atoms with Crippen molar-refractivity contribution in [2.75, 3.05) is 11.1 Å². The number of hydrogen-bond donors (Lipinski definition) is 3. The molecule has 0 aliphatic carbocycles. The Bertz CT molecular complexity index is 564. The van der Waals surface area contributed by atoms with E-state index in [2.05, 4.69) is 15.5 Å². The molecule has 0 fully saturated rings. The van der Waals surface area contributed by atoms with Gasteiger partial charge in [0.05, 0.1) is 0 Å². The van der Waals surface area contributed by atoms with Crippen molar-refractivity contribution in [2.24, 2.45) is 0 Å². The molecule has 0 atom stereocenters. The molecule has 1 heterocycles. The lowest BCUT2D eigenvalue weighted by Crippen LogP contribution is -2.13. The molecule has 0 spiro atoms. The topological polar surface area (TPSA) is 83.8 Å². The smallest absolute Gasteiger partial charge is 0.273 e. The molecule has 0 radical (unpaired) electrons. The maximum absolute atomic E-state index is 13.0. The number of halogens is 1. The number of benzene rings is 1. The lowest BCUT2D eigenvalue weighted by Gasteiger charge is -2.06. The molecule has 5 nitrogen and oxygen atoms in total. The maximum atomic E-state index is 13.0. The molecule has 0 aliphatic heterocycles. The molecule has 17 heavy (non-hydrogen) atoms. The average molecular weight is 234 g/mol. The monoisotopic (exact) mass is 234 g/mol. The van der Waals surface area contributed by atoms with Crippen molar-refractivity contribution < 1.29 is 9.18 Å². The largest absolute Gasteiger partial charge is 0.382 e. The molecular weight excluding hydrogens is 223 g/mol. The van der Waals surface area contributed by atoms with Crippen molar-refractivity contribution >= 4 is 17.4 Å². The number of nitrogens with zero attached hydrogens (tertiary/aromatic N) is 1. The second-order valence-corrected chi connectivity index (χ2v) is 3.62. The zero-order valence-electron chi connectivity index (χ0n) is 9.12. The molecule has 0 saturated heterocycles. The molecule has 0 aliphatic rings. The number of aromatic nitrogens is 2. The Kier molecular flexibility index (Phi) is 2.78. The van der Waals surface area contributed by atoms with E-state index in [0.29, 0.717) is 5.69 Å². The normalized spacial score (nSPS) is 10.2. The number of carbonyl (C=O) groups excluding carboxylic acids is 1. The molecule has 1 aromatic carbocycles. The van der Waals surface area contributed by atoms with Crippen LogP contribution in [0.15, 0.2) is 24.3 Å². The van der Waals surface area contributed by atoms with Gasteiger partial charge in [0.25, 0.3) is 5.91 Å². The van der Waals surface area contributed by atoms with Crippen molar-refractivity contribution in [3.63, 3.8) is 0 Å². The van der Waals surface area contributed by atoms with Crippen LogP contribution in [0.1, 0.15) is 16.1 Å². The summed E-state index contributed by atoms with van der Waals surface area (Å²) in [5.41, 5.74) is 6.80. The predicted octanol–water partition coefficient (Wildman–Crippen LogP) is 1.69. The molecule has 4 N–H and O–H groups in total. The highest BCUT2D eigenvalue weighted by molar-refractivity contribution is 6.03. The van der Waals surface area contributed by atoms with Crippen LogP contribution in [0, 0.1) is 12.7 Å². The molecule has 1 aromatic heterocycles. The molecule has 0 bridgehead atoms. The molecular formula is C11H11FN4O. The third-order valence-electron chi connectivity index (χ3n) is 2.29. The zero-order chi connectivity index (χ0) is 12.4. The standard InChI is InChI=1S/C11H11FN4O/c1-6-2-3-7(12)4-8(6)14-11(17)9-5-10(13)16-15-9/h2-5H,1H3,(H,14,17)(H3,13,15,16). The van der Waals surface area contributed by atoms with E-state index in [1.165, 1.54) is 18.2 Å². The van der Waals surface area contributed by atoms with Gasteiger partial charge in [-0.1, -0.05) is 6.07 Å². The summed E-state index contributed by atoms with van der Waals surface area (Å²) in [6.45, 7) is 1.77. The van der Waals surface area contributed by atoms with Gasteiger partial charge in [0.2, 0.25) is 0 Å². The third kappa shape index (κ3) is 2.41. The summed E-state index contributed by atoms with van der Waals surface area (Å²) >= 11 is 0. The Morgan fingerprint density at radius 1 is 1.47 bits per heavy atom. The van der Waals surface area contributed by atoms with E-state index in [1.807, 2.05) is 0 Å². The number of nitrogens with two attached hydrogens (primary N) is 1. The maximum Gasteiger partial charge on any atom is 0.273 e. The van der Waals surface area contributed by atoms with Crippen molar-refractivity contribution in [2.45, 2.75) is 6.92 Å². The van der Waals surface area contributed by atoms with E-state index in [-0.39, 0.29) is 11.5 Å². The van der Waals surface area contributed by atoms with Gasteiger partial charge in [-0.3, -0.25) is 9.89 Å². The quantitative estimate of drug-likeness (QED) is 0.739. The number of aryl methyl sites for hydroxylation is 1. The number of carbonyl (C=O) groups is 1. The first kappa shape index (κ1) is 11.1. The van der Waals surface area contributed by atoms with E-state index in [0.717, 1.165) is 5.56 Å². The van der Waals surface area contributed by atoms with Crippen LogP contribution in [0.5, 0.6) is 0 Å². The third-order valence-corrected chi connectivity index (χ3v) is 2.29. The van der Waals surface area contributed by atoms with Gasteiger partial charge >= 0.3 is 0 Å². The molecule has 2 rings (SSSR count). The van der Waals surface area contributed by atoms with Gasteiger partial charge in [0.1, 0.15) is 17.3 Å². The minimum Gasteiger partial charge on any atom is -0.382 e. The van der Waals surface area contributed by atoms with Gasteiger partial charge in [0, 0.05) is 11.8 Å². The zero-order valence-corrected chi connectivity index (χ0v) is 9.12. The second-order valence-electron chi connectivity index (χ2n) is 3.62. The number of nitrogens with one attached hydrogen (secondary N) is 2. The first-order valence-electron chi connectivity index (χ1n) is 4.94. The van der Waals surface area contributed by atoms with E-state index in [9.17, 15) is 9.18 Å². The Morgan fingerprint density at radius 2 is 2.24 bits per heavy atom. The SMILES string of the molecule is Cc1ccc(F)cc1NC(=O)c1cc(N)n[nH]1. The highest BCUT2D eigenvalue weighted by Gasteiger charge is 2.10. The number of rotatable bonds is 2. The Hall–Kier alpha value is -2.37. The van der Waals surface area contributed by atoms with Crippen LogP contribution in [-0.2, 0) is 0 Å². The first-order valence-corrected chi connectivity index (χ1v) is 4.94. The Morgan fingerprint density at radius 3 is 2.88 bits per heavy atom. The van der Waals surface area contributed by atoms with Gasteiger partial charge in [0.15, 0.2) is 0 Å². The van der Waals surface area contributed by atoms with Crippen LogP contribution >= 0.6 is 0 Å². The van der Waals surface area contributed by atoms with Crippen molar-refractivity contribution in [3.8, 4) is 0 Å². The summed E-state index contributed by atoms with van der Waals surface area (Å²) < 4.78 is 13.0. The fourth-order valence-corrected chi connectivity index (χ4v) is 1.37. The highest BCUT2D eigenvalue weighted by atomic mass is 19.1. The molecule has 88 valence electrons. The molecule has 1 amide bonds. The minimum absolute atomic E-state index is 0.228. The van der Waals surface area contributed by atoms with Crippen LogP contribution in [0.3, 0.4) is 0 Å². The van der Waals surface area contributed by atoms with Crippen molar-refractivity contribution in [3.05, 3.63) is 41.3 Å². The van der Waals surface area contributed by atoms with Crippen LogP contribution in [-0.4, -0.2) is 16.1 Å². The molecule has 2 aromatic rings. The van der Waals surface area contributed by atoms with Crippen molar-refractivity contribution in [1.82, 2.24) is 10.2 Å². The number of hydrogen-bond acceptors (Lipinski definition) is 3. The molecule has 6 heteroatoms. The molecule has 0 saturated carbocycles. The van der Waals surface area contributed by atoms with Gasteiger partial charge in [-0.25, -0.2) is 4.39 Å². The van der Waals surface area contributed by atoms with Gasteiger partial charge in [-0.05, 0) is 24.6 Å². The lowest BCUT2D eigenvalue weighted by molar-refractivity contribution is 0.102. The van der Waals surface area contributed by atoms with Crippen LogP contribution < -0.4 is 11.1 Å². The summed E-state index contributed by atoms with van der Waals surface area (Å²) in [7, 11) is 0. The predicted molar refractivity (Wildman–Crippen MR) is 62.1 cm³/mol. The van der Waals surface area contributed by atoms with Gasteiger partial charge < -0.3 is 11.1 Å². The van der Waals surface area contributed by atoms with Crippen LogP contribution in [0.25, 0.3) is 0 Å². The van der Waals surface area contributed by atoms with E-state index < -0.39 is 11.7 Å².